The maximum absolute atomic E-state index is 14.2. The molecule has 2 bridgehead atoms. The molecule has 1 saturated carbocycles. The second kappa shape index (κ2) is 7.17. The first kappa shape index (κ1) is 21.7. The van der Waals surface area contributed by atoms with Crippen molar-refractivity contribution in [1.82, 2.24) is 15.2 Å². The summed E-state index contributed by atoms with van der Waals surface area (Å²) >= 11 is 0. The summed E-state index contributed by atoms with van der Waals surface area (Å²) in [5.74, 6) is -2.29. The molecular weight excluding hydrogens is 469 g/mol. The molecule has 2 aliphatic rings. The molecule has 0 amide bonds. The molecule has 33 heavy (non-hydrogen) atoms. The van der Waals surface area contributed by atoms with Crippen molar-refractivity contribution >= 4 is 10.1 Å². The highest BCUT2D eigenvalue weighted by Gasteiger charge is 2.53. The first-order valence-corrected chi connectivity index (χ1v) is 11.2. The molecule has 0 spiro atoms. The molecular formula is C21H14F5N3O3S. The van der Waals surface area contributed by atoms with E-state index in [1.165, 1.54) is 12.1 Å². The Labute approximate surface area is 184 Å². The van der Waals surface area contributed by atoms with Gasteiger partial charge in [-0.25, -0.2) is 13.8 Å². The van der Waals surface area contributed by atoms with E-state index in [9.17, 15) is 30.4 Å². The summed E-state index contributed by atoms with van der Waals surface area (Å²) in [7, 11) is -5.87. The molecule has 6 nitrogen and oxygen atoms in total. The summed E-state index contributed by atoms with van der Waals surface area (Å²) in [6.07, 6.45) is 1.74. The highest BCUT2D eigenvalue weighted by atomic mass is 32.2. The fraction of sp³-hybridized carbons (Fsp3) is 0.286. The average Bonchev–Trinajstić information content (AvgIpc) is 3.32. The van der Waals surface area contributed by atoms with E-state index in [0.717, 1.165) is 23.8 Å². The van der Waals surface area contributed by atoms with E-state index in [1.807, 2.05) is 0 Å². The molecule has 2 heterocycles. The third-order valence-electron chi connectivity index (χ3n) is 6.14. The van der Waals surface area contributed by atoms with E-state index in [-0.39, 0.29) is 22.9 Å². The fourth-order valence-corrected chi connectivity index (χ4v) is 5.13. The van der Waals surface area contributed by atoms with Crippen LogP contribution < -0.4 is 4.18 Å². The highest BCUT2D eigenvalue weighted by molar-refractivity contribution is 7.87. The van der Waals surface area contributed by atoms with E-state index in [1.54, 1.807) is 12.1 Å². The summed E-state index contributed by atoms with van der Waals surface area (Å²) in [5.41, 5.74) is -5.15. The Bertz CT molecular complexity index is 1360. The molecule has 2 aromatic heterocycles. The van der Waals surface area contributed by atoms with Gasteiger partial charge in [0.1, 0.15) is 11.6 Å². The minimum absolute atomic E-state index is 0.0191. The lowest BCUT2D eigenvalue weighted by Gasteiger charge is -2.27. The van der Waals surface area contributed by atoms with Crippen molar-refractivity contribution in [1.29, 1.82) is 0 Å². The van der Waals surface area contributed by atoms with E-state index in [4.69, 9.17) is 0 Å². The number of aromatic nitrogens is 3. The van der Waals surface area contributed by atoms with Crippen molar-refractivity contribution in [2.24, 2.45) is 0 Å². The molecule has 5 rings (SSSR count). The SMILES string of the molecule is O=S(=O)(Oc1cccc([C@]23CC[C@H](C2)c2cc(-c4c(F)cccc4F)nnc23)n1)C(F)(F)F. The maximum atomic E-state index is 14.2. The molecule has 1 fully saturated rings. The lowest BCUT2D eigenvalue weighted by Crippen LogP contribution is -2.29. The Morgan fingerprint density at radius 2 is 1.73 bits per heavy atom. The van der Waals surface area contributed by atoms with Crippen LogP contribution >= 0.6 is 0 Å². The quantitative estimate of drug-likeness (QED) is 0.306. The topological polar surface area (TPSA) is 82.0 Å². The fourth-order valence-electron chi connectivity index (χ4n) is 4.72. The van der Waals surface area contributed by atoms with Crippen LogP contribution in [0.1, 0.15) is 42.1 Å². The zero-order chi connectivity index (χ0) is 23.6. The van der Waals surface area contributed by atoms with Crippen LogP contribution in [0.25, 0.3) is 11.3 Å². The predicted octanol–water partition coefficient (Wildman–Crippen LogP) is 4.61. The van der Waals surface area contributed by atoms with Crippen LogP contribution in [0.4, 0.5) is 22.0 Å². The van der Waals surface area contributed by atoms with Crippen molar-refractivity contribution < 1.29 is 34.6 Å². The van der Waals surface area contributed by atoms with Crippen LogP contribution in [0.15, 0.2) is 42.5 Å². The maximum Gasteiger partial charge on any atom is 0.534 e. The van der Waals surface area contributed by atoms with Crippen molar-refractivity contribution in [2.45, 2.75) is 36.1 Å². The molecule has 0 aliphatic heterocycles. The van der Waals surface area contributed by atoms with Gasteiger partial charge in [0.25, 0.3) is 0 Å². The third kappa shape index (κ3) is 3.35. The van der Waals surface area contributed by atoms with Crippen molar-refractivity contribution in [2.75, 3.05) is 0 Å². The van der Waals surface area contributed by atoms with Gasteiger partial charge >= 0.3 is 15.6 Å². The Morgan fingerprint density at radius 1 is 1.03 bits per heavy atom. The first-order valence-electron chi connectivity index (χ1n) is 9.83. The molecule has 0 saturated heterocycles. The van der Waals surface area contributed by atoms with Gasteiger partial charge in [-0.15, -0.1) is 5.10 Å². The second-order valence-electron chi connectivity index (χ2n) is 8.00. The van der Waals surface area contributed by atoms with Crippen LogP contribution in [0.5, 0.6) is 5.88 Å². The molecule has 0 N–H and O–H groups in total. The average molecular weight is 483 g/mol. The van der Waals surface area contributed by atoms with Crippen LogP contribution in [-0.2, 0) is 15.5 Å². The van der Waals surface area contributed by atoms with Gasteiger partial charge in [0.15, 0.2) is 0 Å². The van der Waals surface area contributed by atoms with Gasteiger partial charge in [-0.3, -0.25) is 0 Å². The molecule has 2 atom stereocenters. The largest absolute Gasteiger partial charge is 0.534 e. The molecule has 1 aromatic carbocycles. The van der Waals surface area contributed by atoms with Crippen LogP contribution in [0.2, 0.25) is 0 Å². The Balaban J connectivity index is 1.55. The lowest BCUT2D eigenvalue weighted by molar-refractivity contribution is -0.0501. The van der Waals surface area contributed by atoms with Crippen LogP contribution in [0.3, 0.4) is 0 Å². The summed E-state index contributed by atoms with van der Waals surface area (Å²) in [4.78, 5) is 4.04. The second-order valence-corrected chi connectivity index (χ2v) is 9.53. The Morgan fingerprint density at radius 3 is 2.42 bits per heavy atom. The molecule has 0 unspecified atom stereocenters. The van der Waals surface area contributed by atoms with E-state index in [2.05, 4.69) is 19.4 Å². The van der Waals surface area contributed by atoms with Gasteiger partial charge in [-0.05, 0) is 55.0 Å². The monoisotopic (exact) mass is 483 g/mol. The summed E-state index contributed by atoms with van der Waals surface area (Å²) in [6.45, 7) is 0. The van der Waals surface area contributed by atoms with Gasteiger partial charge in [0, 0.05) is 6.07 Å². The zero-order valence-electron chi connectivity index (χ0n) is 16.6. The Kier molecular flexibility index (Phi) is 4.71. The lowest BCUT2D eigenvalue weighted by atomic mass is 9.79. The predicted molar refractivity (Wildman–Crippen MR) is 105 cm³/mol. The molecule has 12 heteroatoms. The molecule has 3 aromatic rings. The van der Waals surface area contributed by atoms with Gasteiger partial charge < -0.3 is 4.18 Å². The minimum atomic E-state index is -5.87. The summed E-state index contributed by atoms with van der Waals surface area (Å²) < 4.78 is 93.4. The first-order chi connectivity index (χ1) is 15.5. The van der Waals surface area contributed by atoms with Gasteiger partial charge in [0.05, 0.1) is 28.1 Å². The minimum Gasteiger partial charge on any atom is -0.355 e. The summed E-state index contributed by atoms with van der Waals surface area (Å²) in [6, 6.07) is 8.96. The van der Waals surface area contributed by atoms with E-state index >= 15 is 0 Å². The Hall–Kier alpha value is -3.15. The smallest absolute Gasteiger partial charge is 0.355 e. The zero-order valence-corrected chi connectivity index (χ0v) is 17.4. The van der Waals surface area contributed by atoms with E-state index < -0.39 is 38.6 Å². The van der Waals surface area contributed by atoms with E-state index in [0.29, 0.717) is 25.0 Å². The number of pyridine rings is 1. The number of hydrogen-bond acceptors (Lipinski definition) is 6. The number of rotatable bonds is 4. The van der Waals surface area contributed by atoms with Crippen LogP contribution in [-0.4, -0.2) is 29.1 Å². The number of hydrogen-bond donors (Lipinski definition) is 0. The number of halogens is 5. The standard InChI is InChI=1S/C21H14F5N3O3S/c22-13-3-1-4-14(23)18(13)15-9-12-11-7-8-20(10-11,19(12)29-28-15)16-5-2-6-17(27-16)32-33(30,31)21(24,25)26/h1-6,9,11H,7-8,10H2/t11-,20+/m1/s1. The number of benzene rings is 1. The van der Waals surface area contributed by atoms with Crippen molar-refractivity contribution in [3.63, 3.8) is 0 Å². The number of nitrogens with zero attached hydrogens (tertiary/aromatic N) is 3. The third-order valence-corrected chi connectivity index (χ3v) is 7.10. The highest BCUT2D eigenvalue weighted by Crippen LogP contribution is 2.59. The van der Waals surface area contributed by atoms with Gasteiger partial charge in [-0.1, -0.05) is 12.1 Å². The summed E-state index contributed by atoms with van der Waals surface area (Å²) in [5, 5.41) is 8.24. The van der Waals surface area contributed by atoms with Crippen LogP contribution in [0, 0.1) is 11.6 Å². The van der Waals surface area contributed by atoms with Gasteiger partial charge in [-0.2, -0.15) is 26.7 Å². The normalized spacial score (nSPS) is 21.8. The van der Waals surface area contributed by atoms with Crippen molar-refractivity contribution in [3.8, 4) is 17.1 Å². The van der Waals surface area contributed by atoms with Gasteiger partial charge in [0.2, 0.25) is 5.88 Å². The number of alkyl halides is 3. The molecule has 2 aliphatic carbocycles. The van der Waals surface area contributed by atoms with Crippen molar-refractivity contribution in [3.05, 3.63) is 71.1 Å². The number of fused-ring (bicyclic) bond motifs is 5. The molecule has 172 valence electrons. The molecule has 0 radical (unpaired) electrons.